The molecule has 2 rings (SSSR count). The zero-order valence-corrected chi connectivity index (χ0v) is 11.9. The summed E-state index contributed by atoms with van der Waals surface area (Å²) in [5.74, 6) is 0.472. The van der Waals surface area contributed by atoms with Crippen molar-refractivity contribution >= 4 is 11.6 Å². The maximum atomic E-state index is 11.5. The van der Waals surface area contributed by atoms with Crippen molar-refractivity contribution in [1.82, 2.24) is 0 Å². The van der Waals surface area contributed by atoms with Gasteiger partial charge in [0.05, 0.1) is 5.56 Å². The molecule has 0 fully saturated rings. The number of aryl methyl sites for hydroxylation is 1. The predicted octanol–water partition coefficient (Wildman–Crippen LogP) is 2.62. The molecule has 0 aliphatic heterocycles. The van der Waals surface area contributed by atoms with Gasteiger partial charge in [-0.2, -0.15) is 0 Å². The fraction of sp³-hybridized carbons (Fsp3) is 0.125. The zero-order chi connectivity index (χ0) is 15.2. The first kappa shape index (κ1) is 14.6. The molecule has 0 bridgehead atoms. The van der Waals surface area contributed by atoms with E-state index in [9.17, 15) is 4.79 Å². The molecule has 0 aliphatic carbocycles. The fourth-order valence-corrected chi connectivity index (χ4v) is 1.84. The minimum Gasteiger partial charge on any atom is -0.457 e. The third-order valence-electron chi connectivity index (χ3n) is 2.78. The van der Waals surface area contributed by atoms with Crippen LogP contribution in [0.5, 0.6) is 11.5 Å². The molecule has 2 aromatic rings. The Bertz CT molecular complexity index is 666. The predicted molar refractivity (Wildman–Crippen MR) is 80.4 cm³/mol. The number of carbonyl (C=O) groups is 1. The lowest BCUT2D eigenvalue weighted by molar-refractivity contribution is -0.112. The van der Waals surface area contributed by atoms with Crippen LogP contribution in [0.15, 0.2) is 53.7 Å². The van der Waals surface area contributed by atoms with E-state index >= 15 is 0 Å². The Hall–Kier alpha value is -2.82. The van der Waals surface area contributed by atoms with Gasteiger partial charge in [-0.1, -0.05) is 29.4 Å². The van der Waals surface area contributed by atoms with Crippen LogP contribution in [0.1, 0.15) is 11.1 Å². The molecule has 108 valence electrons. The minimum absolute atomic E-state index is 0.0171. The van der Waals surface area contributed by atoms with Crippen molar-refractivity contribution in [2.24, 2.45) is 10.9 Å². The smallest absolute Gasteiger partial charge is 0.271 e. The van der Waals surface area contributed by atoms with Gasteiger partial charge in [0.15, 0.2) is 5.71 Å². The van der Waals surface area contributed by atoms with Crippen molar-refractivity contribution in [2.75, 3.05) is 7.11 Å². The minimum atomic E-state index is -0.682. The number of benzene rings is 2. The number of ether oxygens (including phenoxy) is 1. The van der Waals surface area contributed by atoms with Crippen LogP contribution < -0.4 is 10.5 Å². The number of nitrogens with two attached hydrogens (primary N) is 1. The largest absolute Gasteiger partial charge is 0.457 e. The first-order valence-electron chi connectivity index (χ1n) is 6.36. The number of oxime groups is 1. The van der Waals surface area contributed by atoms with Gasteiger partial charge in [0.2, 0.25) is 0 Å². The lowest BCUT2D eigenvalue weighted by atomic mass is 10.1. The Kier molecular flexibility index (Phi) is 4.56. The Balaban J connectivity index is 2.47. The summed E-state index contributed by atoms with van der Waals surface area (Å²) in [5.41, 5.74) is 6.84. The number of amides is 1. The Morgan fingerprint density at radius 1 is 1.14 bits per heavy atom. The fourth-order valence-electron chi connectivity index (χ4n) is 1.84. The van der Waals surface area contributed by atoms with Crippen LogP contribution in [-0.4, -0.2) is 18.7 Å². The van der Waals surface area contributed by atoms with Crippen molar-refractivity contribution in [3.05, 3.63) is 59.7 Å². The number of carbonyl (C=O) groups excluding carboxylic acids is 1. The third kappa shape index (κ3) is 3.60. The number of primary amides is 1. The highest BCUT2D eigenvalue weighted by atomic mass is 16.6. The van der Waals surface area contributed by atoms with Gasteiger partial charge in [-0.25, -0.2) is 0 Å². The average molecular weight is 284 g/mol. The summed E-state index contributed by atoms with van der Waals surface area (Å²) in [4.78, 5) is 16.2. The summed E-state index contributed by atoms with van der Waals surface area (Å²) in [6.07, 6.45) is 0. The van der Waals surface area contributed by atoms with E-state index in [1.165, 1.54) is 7.11 Å². The van der Waals surface area contributed by atoms with E-state index in [2.05, 4.69) is 9.99 Å². The molecule has 0 aliphatic rings. The molecule has 0 atom stereocenters. The summed E-state index contributed by atoms with van der Waals surface area (Å²) in [7, 11) is 1.36. The van der Waals surface area contributed by atoms with Gasteiger partial charge in [0.25, 0.3) is 5.91 Å². The second kappa shape index (κ2) is 6.56. The topological polar surface area (TPSA) is 73.9 Å². The van der Waals surface area contributed by atoms with E-state index in [1.807, 2.05) is 49.4 Å². The van der Waals surface area contributed by atoms with Crippen LogP contribution in [0.3, 0.4) is 0 Å². The average Bonchev–Trinajstić information content (AvgIpc) is 2.46. The van der Waals surface area contributed by atoms with Crippen molar-refractivity contribution in [1.29, 1.82) is 0 Å². The third-order valence-corrected chi connectivity index (χ3v) is 2.78. The molecule has 0 aromatic heterocycles. The van der Waals surface area contributed by atoms with E-state index in [-0.39, 0.29) is 5.71 Å². The number of hydrogen-bond acceptors (Lipinski definition) is 4. The number of nitrogens with zero attached hydrogens (tertiary/aromatic N) is 1. The van der Waals surface area contributed by atoms with Crippen molar-refractivity contribution < 1.29 is 14.4 Å². The Labute approximate surface area is 123 Å². The van der Waals surface area contributed by atoms with E-state index in [0.29, 0.717) is 17.1 Å². The molecule has 1 amide bonds. The van der Waals surface area contributed by atoms with Crippen LogP contribution in [-0.2, 0) is 9.63 Å². The standard InChI is InChI=1S/C16H16N2O3/c1-11-8-9-13(15(16(17)19)18-20-2)14(10-11)21-12-6-4-3-5-7-12/h3-10H,1-2H3,(H2,17,19)/b18-15-. The molecular formula is C16H16N2O3. The summed E-state index contributed by atoms with van der Waals surface area (Å²) in [6, 6.07) is 14.7. The SMILES string of the molecule is CO/N=C(\C(N)=O)c1ccc(C)cc1Oc1ccccc1. The lowest BCUT2D eigenvalue weighted by Crippen LogP contribution is -2.25. The normalized spacial score (nSPS) is 11.0. The molecule has 0 saturated heterocycles. The maximum Gasteiger partial charge on any atom is 0.271 e. The van der Waals surface area contributed by atoms with E-state index in [4.69, 9.17) is 10.5 Å². The molecule has 0 heterocycles. The van der Waals surface area contributed by atoms with Gasteiger partial charge >= 0.3 is 0 Å². The molecule has 5 nitrogen and oxygen atoms in total. The molecule has 0 unspecified atom stereocenters. The Morgan fingerprint density at radius 3 is 2.48 bits per heavy atom. The number of rotatable bonds is 5. The number of hydrogen-bond donors (Lipinski definition) is 1. The molecule has 2 aromatic carbocycles. The van der Waals surface area contributed by atoms with Crippen LogP contribution in [0.25, 0.3) is 0 Å². The molecule has 5 heteroatoms. The van der Waals surface area contributed by atoms with Gasteiger partial charge in [0.1, 0.15) is 18.6 Å². The quantitative estimate of drug-likeness (QED) is 0.677. The molecule has 2 N–H and O–H groups in total. The van der Waals surface area contributed by atoms with Gasteiger partial charge in [-0.05, 0) is 36.8 Å². The van der Waals surface area contributed by atoms with Gasteiger partial charge in [0, 0.05) is 0 Å². The molecule has 21 heavy (non-hydrogen) atoms. The van der Waals surface area contributed by atoms with E-state index in [1.54, 1.807) is 6.07 Å². The van der Waals surface area contributed by atoms with Gasteiger partial charge in [-0.3, -0.25) is 4.79 Å². The van der Waals surface area contributed by atoms with Crippen LogP contribution in [0.2, 0.25) is 0 Å². The summed E-state index contributed by atoms with van der Waals surface area (Å²) in [5, 5.41) is 3.69. The molecular weight excluding hydrogens is 268 g/mol. The molecule has 0 saturated carbocycles. The van der Waals surface area contributed by atoms with E-state index in [0.717, 1.165) is 5.56 Å². The number of para-hydroxylation sites is 1. The van der Waals surface area contributed by atoms with E-state index < -0.39 is 5.91 Å². The second-order valence-corrected chi connectivity index (χ2v) is 4.40. The summed E-state index contributed by atoms with van der Waals surface area (Å²) >= 11 is 0. The lowest BCUT2D eigenvalue weighted by Gasteiger charge is -2.12. The first-order chi connectivity index (χ1) is 10.1. The zero-order valence-electron chi connectivity index (χ0n) is 11.9. The van der Waals surface area contributed by atoms with Gasteiger partial charge in [-0.15, -0.1) is 0 Å². The highest BCUT2D eigenvalue weighted by Crippen LogP contribution is 2.27. The van der Waals surface area contributed by atoms with Crippen molar-refractivity contribution in [3.63, 3.8) is 0 Å². The van der Waals surface area contributed by atoms with Crippen LogP contribution >= 0.6 is 0 Å². The molecule has 0 radical (unpaired) electrons. The Morgan fingerprint density at radius 2 is 1.86 bits per heavy atom. The maximum absolute atomic E-state index is 11.5. The first-order valence-corrected chi connectivity index (χ1v) is 6.36. The van der Waals surface area contributed by atoms with Gasteiger partial charge < -0.3 is 15.3 Å². The highest BCUT2D eigenvalue weighted by Gasteiger charge is 2.17. The van der Waals surface area contributed by atoms with Crippen molar-refractivity contribution in [2.45, 2.75) is 6.92 Å². The summed E-state index contributed by atoms with van der Waals surface area (Å²) < 4.78 is 5.82. The summed E-state index contributed by atoms with van der Waals surface area (Å²) in [6.45, 7) is 1.93. The second-order valence-electron chi connectivity index (χ2n) is 4.40. The monoisotopic (exact) mass is 284 g/mol. The molecule has 0 spiro atoms. The van der Waals surface area contributed by atoms with Crippen LogP contribution in [0, 0.1) is 6.92 Å². The highest BCUT2D eigenvalue weighted by molar-refractivity contribution is 6.45. The van der Waals surface area contributed by atoms with Crippen LogP contribution in [0.4, 0.5) is 0 Å². The van der Waals surface area contributed by atoms with Crippen molar-refractivity contribution in [3.8, 4) is 11.5 Å².